The van der Waals surface area contributed by atoms with E-state index >= 15 is 0 Å². The van der Waals surface area contributed by atoms with Gasteiger partial charge in [0.1, 0.15) is 5.75 Å². The van der Waals surface area contributed by atoms with Crippen molar-refractivity contribution in [2.45, 2.75) is 26.7 Å². The summed E-state index contributed by atoms with van der Waals surface area (Å²) >= 11 is 7.58. The highest BCUT2D eigenvalue weighted by Crippen LogP contribution is 2.30. The Morgan fingerprint density at radius 1 is 1.22 bits per heavy atom. The molecule has 0 unspecified atom stereocenters. The fourth-order valence-corrected chi connectivity index (χ4v) is 3.54. The number of halogens is 1. The minimum Gasteiger partial charge on any atom is -0.493 e. The molecule has 6 heteroatoms. The van der Waals surface area contributed by atoms with Gasteiger partial charge in [-0.1, -0.05) is 41.9 Å². The fraction of sp³-hybridized carbons (Fsp3) is 0.238. The smallest absolute Gasteiger partial charge is 0.226 e. The van der Waals surface area contributed by atoms with Gasteiger partial charge in [0.05, 0.1) is 12.3 Å². The lowest BCUT2D eigenvalue weighted by molar-refractivity contribution is -0.116. The molecule has 0 saturated heterocycles. The first-order chi connectivity index (χ1) is 13.0. The average Bonchev–Trinajstić information content (AvgIpc) is 3.10. The van der Waals surface area contributed by atoms with Gasteiger partial charge in [0, 0.05) is 22.4 Å². The molecule has 1 N–H and O–H groups in total. The monoisotopic (exact) mass is 400 g/mol. The minimum atomic E-state index is -0.0698. The Balaban J connectivity index is 1.47. The van der Waals surface area contributed by atoms with Crippen LogP contribution in [0, 0.1) is 13.8 Å². The van der Waals surface area contributed by atoms with E-state index in [1.54, 1.807) is 0 Å². The van der Waals surface area contributed by atoms with Crippen molar-refractivity contribution < 1.29 is 9.53 Å². The number of carbonyl (C=O) groups is 1. The molecule has 1 amide bonds. The van der Waals surface area contributed by atoms with Crippen LogP contribution in [0.1, 0.15) is 24.0 Å². The van der Waals surface area contributed by atoms with Gasteiger partial charge in [-0.25, -0.2) is 4.98 Å². The zero-order valence-electron chi connectivity index (χ0n) is 15.3. The summed E-state index contributed by atoms with van der Waals surface area (Å²) in [4.78, 5) is 16.6. The van der Waals surface area contributed by atoms with Gasteiger partial charge in [0.25, 0.3) is 0 Å². The summed E-state index contributed by atoms with van der Waals surface area (Å²) in [5.74, 6) is 0.805. The molecule has 3 rings (SSSR count). The highest BCUT2D eigenvalue weighted by Gasteiger charge is 2.10. The van der Waals surface area contributed by atoms with Gasteiger partial charge >= 0.3 is 0 Å². The Labute approximate surface area is 168 Å². The van der Waals surface area contributed by atoms with E-state index < -0.39 is 0 Å². The van der Waals surface area contributed by atoms with E-state index in [1.807, 2.05) is 55.6 Å². The molecule has 1 heterocycles. The van der Waals surface area contributed by atoms with Crippen molar-refractivity contribution in [2.24, 2.45) is 0 Å². The molecule has 27 heavy (non-hydrogen) atoms. The fourth-order valence-electron chi connectivity index (χ4n) is 2.58. The lowest BCUT2D eigenvalue weighted by atomic mass is 10.1. The van der Waals surface area contributed by atoms with Crippen LogP contribution in [-0.2, 0) is 4.79 Å². The zero-order chi connectivity index (χ0) is 19.2. The topological polar surface area (TPSA) is 51.2 Å². The molecule has 0 radical (unpaired) electrons. The molecule has 0 saturated carbocycles. The first-order valence-corrected chi connectivity index (χ1v) is 9.99. The van der Waals surface area contributed by atoms with Gasteiger partial charge in [-0.05, 0) is 43.5 Å². The van der Waals surface area contributed by atoms with Crippen molar-refractivity contribution in [1.29, 1.82) is 0 Å². The molecule has 2 aromatic carbocycles. The highest BCUT2D eigenvalue weighted by atomic mass is 35.5. The van der Waals surface area contributed by atoms with Crippen molar-refractivity contribution in [3.8, 4) is 17.0 Å². The molecule has 0 aliphatic rings. The second-order valence-electron chi connectivity index (χ2n) is 6.29. The zero-order valence-corrected chi connectivity index (χ0v) is 16.9. The maximum absolute atomic E-state index is 12.1. The summed E-state index contributed by atoms with van der Waals surface area (Å²) < 4.78 is 5.79. The Kier molecular flexibility index (Phi) is 6.48. The van der Waals surface area contributed by atoms with E-state index in [4.69, 9.17) is 16.3 Å². The second kappa shape index (κ2) is 9.02. The van der Waals surface area contributed by atoms with E-state index in [-0.39, 0.29) is 5.91 Å². The van der Waals surface area contributed by atoms with E-state index in [0.717, 1.165) is 28.1 Å². The number of aromatic nitrogens is 1. The van der Waals surface area contributed by atoms with Crippen LogP contribution in [0.3, 0.4) is 0 Å². The number of carbonyl (C=O) groups excluding carboxylic acids is 1. The van der Waals surface area contributed by atoms with Crippen molar-refractivity contribution >= 4 is 34.0 Å². The number of amides is 1. The molecule has 0 atom stereocenters. The number of benzene rings is 2. The van der Waals surface area contributed by atoms with Crippen LogP contribution < -0.4 is 10.1 Å². The first-order valence-electron chi connectivity index (χ1n) is 8.73. The minimum absolute atomic E-state index is 0.0698. The van der Waals surface area contributed by atoms with Gasteiger partial charge in [-0.15, -0.1) is 11.3 Å². The third-order valence-electron chi connectivity index (χ3n) is 4.05. The van der Waals surface area contributed by atoms with Crippen LogP contribution in [0.4, 0.5) is 5.13 Å². The van der Waals surface area contributed by atoms with E-state index in [1.165, 1.54) is 11.3 Å². The molecule has 0 spiro atoms. The predicted molar refractivity (Wildman–Crippen MR) is 112 cm³/mol. The first kappa shape index (κ1) is 19.4. The molecule has 140 valence electrons. The lowest BCUT2D eigenvalue weighted by Gasteiger charge is -2.09. The van der Waals surface area contributed by atoms with Gasteiger partial charge in [0.2, 0.25) is 5.91 Å². The molecular formula is C21H21ClN2O2S. The number of thiazole rings is 1. The molecule has 0 aliphatic carbocycles. The van der Waals surface area contributed by atoms with Crippen LogP contribution >= 0.6 is 22.9 Å². The standard InChI is InChI=1S/C21H21ClN2O2S/c1-14-9-10-15(2)19(12-14)26-11-5-8-20(25)24-21-23-18(13-27-21)16-6-3-4-7-17(16)22/h3-4,6-7,9-10,12-13H,5,8,11H2,1-2H3,(H,23,24,25). The SMILES string of the molecule is Cc1ccc(C)c(OCCCC(=O)Nc2nc(-c3ccccc3Cl)cs2)c1. The molecule has 4 nitrogen and oxygen atoms in total. The van der Waals surface area contributed by atoms with Crippen LogP contribution in [0.2, 0.25) is 5.02 Å². The Hall–Kier alpha value is -2.37. The van der Waals surface area contributed by atoms with Gasteiger partial charge in [0.15, 0.2) is 5.13 Å². The maximum Gasteiger partial charge on any atom is 0.226 e. The Bertz CT molecular complexity index is 939. The third-order valence-corrected chi connectivity index (χ3v) is 5.14. The van der Waals surface area contributed by atoms with E-state index in [2.05, 4.69) is 16.4 Å². The lowest BCUT2D eigenvalue weighted by Crippen LogP contribution is -2.12. The largest absolute Gasteiger partial charge is 0.493 e. The molecule has 0 aliphatic heterocycles. The molecule has 0 bridgehead atoms. The molecular weight excluding hydrogens is 380 g/mol. The summed E-state index contributed by atoms with van der Waals surface area (Å²) in [7, 11) is 0. The number of hydrogen-bond donors (Lipinski definition) is 1. The van der Waals surface area contributed by atoms with Gasteiger partial charge in [-0.3, -0.25) is 4.79 Å². The quantitative estimate of drug-likeness (QED) is 0.504. The number of rotatable bonds is 7. The molecule has 1 aromatic heterocycles. The van der Waals surface area contributed by atoms with Crippen LogP contribution in [-0.4, -0.2) is 17.5 Å². The molecule has 0 fully saturated rings. The number of nitrogens with one attached hydrogen (secondary N) is 1. The van der Waals surface area contributed by atoms with Crippen molar-refractivity contribution in [1.82, 2.24) is 4.98 Å². The number of anilines is 1. The average molecular weight is 401 g/mol. The maximum atomic E-state index is 12.1. The van der Waals surface area contributed by atoms with Crippen LogP contribution in [0.15, 0.2) is 47.8 Å². The summed E-state index contributed by atoms with van der Waals surface area (Å²) in [6, 6.07) is 13.6. The van der Waals surface area contributed by atoms with E-state index in [0.29, 0.717) is 29.6 Å². The van der Waals surface area contributed by atoms with Gasteiger partial charge < -0.3 is 10.1 Å². The number of aryl methyl sites for hydroxylation is 2. The van der Waals surface area contributed by atoms with Crippen molar-refractivity contribution in [2.75, 3.05) is 11.9 Å². The summed E-state index contributed by atoms with van der Waals surface area (Å²) in [6.45, 7) is 4.55. The van der Waals surface area contributed by atoms with E-state index in [9.17, 15) is 4.79 Å². The number of nitrogens with zero attached hydrogens (tertiary/aromatic N) is 1. The third kappa shape index (κ3) is 5.31. The van der Waals surface area contributed by atoms with Crippen LogP contribution in [0.5, 0.6) is 5.75 Å². The Morgan fingerprint density at radius 3 is 2.85 bits per heavy atom. The molecule has 3 aromatic rings. The second-order valence-corrected chi connectivity index (χ2v) is 7.55. The summed E-state index contributed by atoms with van der Waals surface area (Å²) in [6.07, 6.45) is 1.02. The summed E-state index contributed by atoms with van der Waals surface area (Å²) in [5.41, 5.74) is 3.88. The van der Waals surface area contributed by atoms with Gasteiger partial charge in [-0.2, -0.15) is 0 Å². The highest BCUT2D eigenvalue weighted by molar-refractivity contribution is 7.14. The number of hydrogen-bond acceptors (Lipinski definition) is 4. The Morgan fingerprint density at radius 2 is 2.04 bits per heavy atom. The van der Waals surface area contributed by atoms with Crippen LogP contribution in [0.25, 0.3) is 11.3 Å². The summed E-state index contributed by atoms with van der Waals surface area (Å²) in [5, 5.41) is 5.95. The number of ether oxygens (including phenoxy) is 1. The normalized spacial score (nSPS) is 10.6. The van der Waals surface area contributed by atoms with Crippen molar-refractivity contribution in [3.63, 3.8) is 0 Å². The van der Waals surface area contributed by atoms with Crippen molar-refractivity contribution in [3.05, 3.63) is 64.0 Å². The predicted octanol–water partition coefficient (Wildman–Crippen LogP) is 5.88.